The summed E-state index contributed by atoms with van der Waals surface area (Å²) in [5.41, 5.74) is 5.15. The van der Waals surface area contributed by atoms with Gasteiger partial charge in [-0.3, -0.25) is 4.79 Å². The number of benzene rings is 2. The van der Waals surface area contributed by atoms with Crippen molar-refractivity contribution in [3.05, 3.63) is 59.8 Å². The average molecular weight is 290 g/mol. The molecule has 0 aliphatic carbocycles. The molecular formula is C19H18N2O. The number of rotatable bonds is 1. The van der Waals surface area contributed by atoms with Gasteiger partial charge < -0.3 is 9.88 Å². The molecule has 0 unspecified atom stereocenters. The lowest BCUT2D eigenvalue weighted by atomic mass is 9.93. The molecule has 1 N–H and O–H groups in total. The standard InChI is InChI=1S/C19H18N2O/c1-3-16-12-8-4-5-9-13(12)17-14-10-6-7-11-15(14)20-18(17)19(22)21(16)2/h4-11,16,20H,3H2,1-2H3/t16-/m0/s1. The highest BCUT2D eigenvalue weighted by atomic mass is 16.2. The van der Waals surface area contributed by atoms with Crippen molar-refractivity contribution >= 4 is 16.8 Å². The molecule has 1 atom stereocenters. The van der Waals surface area contributed by atoms with Crippen molar-refractivity contribution in [1.82, 2.24) is 9.88 Å². The van der Waals surface area contributed by atoms with E-state index in [0.29, 0.717) is 5.69 Å². The van der Waals surface area contributed by atoms with Gasteiger partial charge in [-0.1, -0.05) is 49.4 Å². The number of aromatic amines is 1. The molecule has 0 bridgehead atoms. The van der Waals surface area contributed by atoms with Crippen molar-refractivity contribution in [2.75, 3.05) is 7.05 Å². The van der Waals surface area contributed by atoms with E-state index in [9.17, 15) is 4.79 Å². The van der Waals surface area contributed by atoms with Gasteiger partial charge in [-0.15, -0.1) is 0 Å². The highest BCUT2D eigenvalue weighted by molar-refractivity contribution is 6.11. The predicted octanol–water partition coefficient (Wildman–Crippen LogP) is 4.37. The van der Waals surface area contributed by atoms with Crippen LogP contribution in [-0.4, -0.2) is 22.8 Å². The molecule has 0 saturated heterocycles. The van der Waals surface area contributed by atoms with Gasteiger partial charge in [0, 0.05) is 23.5 Å². The summed E-state index contributed by atoms with van der Waals surface area (Å²) in [6.07, 6.45) is 0.904. The molecule has 22 heavy (non-hydrogen) atoms. The van der Waals surface area contributed by atoms with Crippen LogP contribution in [0.5, 0.6) is 0 Å². The number of carbonyl (C=O) groups excluding carboxylic acids is 1. The molecule has 0 saturated carbocycles. The third kappa shape index (κ3) is 1.65. The van der Waals surface area contributed by atoms with Crippen LogP contribution in [0.2, 0.25) is 0 Å². The van der Waals surface area contributed by atoms with Gasteiger partial charge in [-0.2, -0.15) is 0 Å². The molecule has 4 rings (SSSR count). The van der Waals surface area contributed by atoms with Crippen molar-refractivity contribution in [2.24, 2.45) is 0 Å². The van der Waals surface area contributed by atoms with Crippen LogP contribution in [0.25, 0.3) is 22.0 Å². The van der Waals surface area contributed by atoms with Crippen LogP contribution in [0.3, 0.4) is 0 Å². The Hall–Kier alpha value is -2.55. The highest BCUT2D eigenvalue weighted by Gasteiger charge is 2.32. The average Bonchev–Trinajstić information content (AvgIpc) is 2.91. The Morgan fingerprint density at radius 1 is 1.09 bits per heavy atom. The monoisotopic (exact) mass is 290 g/mol. The number of fused-ring (bicyclic) bond motifs is 5. The normalized spacial score (nSPS) is 17.3. The first kappa shape index (κ1) is 13.1. The molecule has 0 radical (unpaired) electrons. The number of para-hydroxylation sites is 1. The van der Waals surface area contributed by atoms with Crippen molar-refractivity contribution in [3.8, 4) is 11.1 Å². The lowest BCUT2D eigenvalue weighted by Crippen LogP contribution is -2.30. The van der Waals surface area contributed by atoms with E-state index in [1.807, 2.05) is 36.2 Å². The van der Waals surface area contributed by atoms with E-state index in [1.54, 1.807) is 0 Å². The minimum absolute atomic E-state index is 0.0641. The Bertz CT molecular complexity index is 878. The van der Waals surface area contributed by atoms with Gasteiger partial charge in [-0.25, -0.2) is 0 Å². The number of carbonyl (C=O) groups is 1. The van der Waals surface area contributed by atoms with Crippen LogP contribution in [0.4, 0.5) is 0 Å². The zero-order valence-corrected chi connectivity index (χ0v) is 12.8. The maximum Gasteiger partial charge on any atom is 0.271 e. The van der Waals surface area contributed by atoms with Gasteiger partial charge in [-0.05, 0) is 23.6 Å². The summed E-state index contributed by atoms with van der Waals surface area (Å²) in [5.74, 6) is 0.0641. The van der Waals surface area contributed by atoms with Crippen LogP contribution in [0.15, 0.2) is 48.5 Å². The maximum atomic E-state index is 12.9. The topological polar surface area (TPSA) is 36.1 Å². The van der Waals surface area contributed by atoms with Gasteiger partial charge in [0.2, 0.25) is 0 Å². The first-order valence-electron chi connectivity index (χ1n) is 7.69. The summed E-state index contributed by atoms with van der Waals surface area (Å²) in [6, 6.07) is 16.6. The first-order chi connectivity index (χ1) is 10.7. The molecule has 1 aliphatic rings. The molecule has 1 aliphatic heterocycles. The molecule has 0 fully saturated rings. The number of hydrogen-bond donors (Lipinski definition) is 1. The van der Waals surface area contributed by atoms with Crippen LogP contribution in [0, 0.1) is 0 Å². The number of hydrogen-bond acceptors (Lipinski definition) is 1. The summed E-state index contributed by atoms with van der Waals surface area (Å²) in [7, 11) is 1.90. The molecule has 1 amide bonds. The number of aromatic nitrogens is 1. The van der Waals surface area contributed by atoms with Gasteiger partial charge in [0.1, 0.15) is 5.69 Å². The molecule has 3 aromatic rings. The van der Waals surface area contributed by atoms with Crippen LogP contribution in [-0.2, 0) is 0 Å². The minimum Gasteiger partial charge on any atom is -0.350 e. The van der Waals surface area contributed by atoms with Crippen molar-refractivity contribution < 1.29 is 4.79 Å². The van der Waals surface area contributed by atoms with E-state index >= 15 is 0 Å². The fourth-order valence-electron chi connectivity index (χ4n) is 3.62. The van der Waals surface area contributed by atoms with Gasteiger partial charge >= 0.3 is 0 Å². The first-order valence-corrected chi connectivity index (χ1v) is 7.69. The molecular weight excluding hydrogens is 272 g/mol. The van der Waals surface area contributed by atoms with Crippen LogP contribution < -0.4 is 0 Å². The van der Waals surface area contributed by atoms with E-state index in [-0.39, 0.29) is 11.9 Å². The number of nitrogens with one attached hydrogen (secondary N) is 1. The number of amides is 1. The third-order valence-corrected chi connectivity index (χ3v) is 4.68. The zero-order chi connectivity index (χ0) is 15.3. The third-order valence-electron chi connectivity index (χ3n) is 4.68. The van der Waals surface area contributed by atoms with Gasteiger partial charge in [0.05, 0.1) is 6.04 Å². The van der Waals surface area contributed by atoms with Crippen LogP contribution in [0.1, 0.15) is 35.4 Å². The van der Waals surface area contributed by atoms with Gasteiger partial charge in [0.25, 0.3) is 5.91 Å². The quantitative estimate of drug-likeness (QED) is 0.709. The van der Waals surface area contributed by atoms with Gasteiger partial charge in [0.15, 0.2) is 0 Å². The number of nitrogens with zero attached hydrogens (tertiary/aromatic N) is 1. The Kier molecular flexibility index (Phi) is 2.83. The SMILES string of the molecule is CC[C@H]1c2ccccc2-c2c([nH]c3ccccc23)C(=O)N1C. The minimum atomic E-state index is 0.0641. The lowest BCUT2D eigenvalue weighted by molar-refractivity contribution is 0.0726. The molecule has 3 heteroatoms. The van der Waals surface area contributed by atoms with E-state index < -0.39 is 0 Å². The predicted molar refractivity (Wildman–Crippen MR) is 88.9 cm³/mol. The van der Waals surface area contributed by atoms with Crippen LogP contribution >= 0.6 is 0 Å². The molecule has 110 valence electrons. The maximum absolute atomic E-state index is 12.9. The zero-order valence-electron chi connectivity index (χ0n) is 12.8. The number of H-pyrrole nitrogens is 1. The Balaban J connectivity index is 2.14. The second-order valence-corrected chi connectivity index (χ2v) is 5.85. The molecule has 0 spiro atoms. The summed E-state index contributed by atoms with van der Waals surface area (Å²) in [4.78, 5) is 18.1. The molecule has 2 heterocycles. The fourth-order valence-corrected chi connectivity index (χ4v) is 3.62. The van der Waals surface area contributed by atoms with Crippen molar-refractivity contribution in [2.45, 2.75) is 19.4 Å². The smallest absolute Gasteiger partial charge is 0.271 e. The van der Waals surface area contributed by atoms with Crippen molar-refractivity contribution in [1.29, 1.82) is 0 Å². The lowest BCUT2D eigenvalue weighted by Gasteiger charge is -2.26. The Morgan fingerprint density at radius 3 is 2.64 bits per heavy atom. The summed E-state index contributed by atoms with van der Waals surface area (Å²) >= 11 is 0. The summed E-state index contributed by atoms with van der Waals surface area (Å²) in [5, 5.41) is 1.11. The fraction of sp³-hybridized carbons (Fsp3) is 0.211. The molecule has 3 nitrogen and oxygen atoms in total. The second-order valence-electron chi connectivity index (χ2n) is 5.85. The Labute approximate surface area is 129 Å². The largest absolute Gasteiger partial charge is 0.350 e. The molecule has 1 aromatic heterocycles. The van der Waals surface area contributed by atoms with Crippen molar-refractivity contribution in [3.63, 3.8) is 0 Å². The van der Waals surface area contributed by atoms with E-state index in [0.717, 1.165) is 22.9 Å². The summed E-state index contributed by atoms with van der Waals surface area (Å²) < 4.78 is 0. The highest BCUT2D eigenvalue weighted by Crippen LogP contribution is 2.42. The van der Waals surface area contributed by atoms with E-state index in [4.69, 9.17) is 0 Å². The Morgan fingerprint density at radius 2 is 1.82 bits per heavy atom. The summed E-state index contributed by atoms with van der Waals surface area (Å²) in [6.45, 7) is 2.13. The van der Waals surface area contributed by atoms with E-state index in [1.165, 1.54) is 11.1 Å². The molecule has 2 aromatic carbocycles. The van der Waals surface area contributed by atoms with E-state index in [2.05, 4.69) is 36.2 Å². The second kappa shape index (κ2) is 4.73.